The number of nitrogens with one attached hydrogen (secondary N) is 2. The van der Waals surface area contributed by atoms with Gasteiger partial charge in [0.2, 0.25) is 5.91 Å². The Morgan fingerprint density at radius 1 is 1.20 bits per heavy atom. The maximum atomic E-state index is 12.7. The van der Waals surface area contributed by atoms with Crippen molar-refractivity contribution in [2.24, 2.45) is 0 Å². The Balaban J connectivity index is 1.82. The molecular weight excluding hydrogens is 257 g/mol. The van der Waals surface area contributed by atoms with Crippen LogP contribution >= 0.6 is 0 Å². The highest BCUT2D eigenvalue weighted by Crippen LogP contribution is 2.10. The van der Waals surface area contributed by atoms with Crippen molar-refractivity contribution < 1.29 is 9.18 Å². The van der Waals surface area contributed by atoms with Gasteiger partial charge < -0.3 is 10.6 Å². The molecule has 1 heterocycles. The van der Waals surface area contributed by atoms with Crippen LogP contribution in [0.1, 0.15) is 12.5 Å². The van der Waals surface area contributed by atoms with Gasteiger partial charge in [-0.2, -0.15) is 0 Å². The number of halogens is 1. The molecule has 0 saturated heterocycles. The predicted molar refractivity (Wildman–Crippen MR) is 77.1 cm³/mol. The van der Waals surface area contributed by atoms with Gasteiger partial charge >= 0.3 is 0 Å². The highest BCUT2D eigenvalue weighted by atomic mass is 19.1. The molecule has 0 aliphatic heterocycles. The molecule has 104 valence electrons. The molecule has 1 aromatic carbocycles. The zero-order valence-electron chi connectivity index (χ0n) is 11.2. The molecule has 0 aliphatic carbocycles. The Hall–Kier alpha value is -2.43. The molecule has 0 fully saturated rings. The summed E-state index contributed by atoms with van der Waals surface area (Å²) in [6, 6.07) is 10.6. The van der Waals surface area contributed by atoms with Crippen LogP contribution in [0.4, 0.5) is 15.9 Å². The summed E-state index contributed by atoms with van der Waals surface area (Å²) in [6.07, 6.45) is 2.00. The van der Waals surface area contributed by atoms with E-state index >= 15 is 0 Å². The Labute approximate surface area is 117 Å². The number of pyridine rings is 1. The number of carbonyl (C=O) groups excluding carboxylic acids is 1. The van der Waals surface area contributed by atoms with Gasteiger partial charge in [0, 0.05) is 19.2 Å². The quantitative estimate of drug-likeness (QED) is 0.880. The van der Waals surface area contributed by atoms with E-state index in [9.17, 15) is 9.18 Å². The van der Waals surface area contributed by atoms with E-state index in [0.717, 1.165) is 17.7 Å². The van der Waals surface area contributed by atoms with E-state index in [1.807, 2.05) is 24.3 Å². The van der Waals surface area contributed by atoms with Crippen molar-refractivity contribution in [2.75, 3.05) is 17.2 Å². The van der Waals surface area contributed by atoms with Crippen molar-refractivity contribution in [2.45, 2.75) is 13.3 Å². The van der Waals surface area contributed by atoms with Gasteiger partial charge in [-0.05, 0) is 36.2 Å². The lowest BCUT2D eigenvalue weighted by Crippen LogP contribution is -2.07. The van der Waals surface area contributed by atoms with Gasteiger partial charge in [0.1, 0.15) is 11.6 Å². The summed E-state index contributed by atoms with van der Waals surface area (Å²) in [6.45, 7) is 2.19. The van der Waals surface area contributed by atoms with Crippen molar-refractivity contribution >= 4 is 17.4 Å². The number of nitrogens with zero attached hydrogens (tertiary/aromatic N) is 1. The van der Waals surface area contributed by atoms with Gasteiger partial charge in [0.05, 0.1) is 6.20 Å². The minimum Gasteiger partial charge on any atom is -0.370 e. The van der Waals surface area contributed by atoms with Crippen LogP contribution in [0.25, 0.3) is 0 Å². The maximum Gasteiger partial charge on any atom is 0.221 e. The van der Waals surface area contributed by atoms with Gasteiger partial charge in [0.25, 0.3) is 0 Å². The summed E-state index contributed by atoms with van der Waals surface area (Å²) >= 11 is 0. The van der Waals surface area contributed by atoms with Gasteiger partial charge in [0.15, 0.2) is 0 Å². The molecule has 2 aromatic rings. The fourth-order valence-corrected chi connectivity index (χ4v) is 1.77. The van der Waals surface area contributed by atoms with Crippen LogP contribution in [0.3, 0.4) is 0 Å². The molecule has 1 amide bonds. The van der Waals surface area contributed by atoms with Crippen LogP contribution in [0.2, 0.25) is 0 Å². The second kappa shape index (κ2) is 6.65. The topological polar surface area (TPSA) is 54.0 Å². The molecule has 5 heteroatoms. The molecule has 1 aromatic heterocycles. The molecular formula is C15H16FN3O. The molecule has 2 N–H and O–H groups in total. The highest BCUT2D eigenvalue weighted by Gasteiger charge is 1.98. The maximum absolute atomic E-state index is 12.7. The third kappa shape index (κ3) is 4.35. The largest absolute Gasteiger partial charge is 0.370 e. The lowest BCUT2D eigenvalue weighted by molar-refractivity contribution is -0.114. The molecule has 0 saturated carbocycles. The Morgan fingerprint density at radius 2 is 1.95 bits per heavy atom. The van der Waals surface area contributed by atoms with E-state index in [4.69, 9.17) is 0 Å². The highest BCUT2D eigenvalue weighted by molar-refractivity contribution is 5.88. The summed E-state index contributed by atoms with van der Waals surface area (Å²) in [5.41, 5.74) is 1.93. The van der Waals surface area contributed by atoms with E-state index in [1.165, 1.54) is 19.2 Å². The first-order valence-corrected chi connectivity index (χ1v) is 6.35. The molecule has 20 heavy (non-hydrogen) atoms. The third-order valence-electron chi connectivity index (χ3n) is 2.72. The van der Waals surface area contributed by atoms with E-state index in [1.54, 1.807) is 6.07 Å². The molecule has 0 aliphatic rings. The van der Waals surface area contributed by atoms with Crippen molar-refractivity contribution in [3.05, 3.63) is 54.0 Å². The third-order valence-corrected chi connectivity index (χ3v) is 2.72. The summed E-state index contributed by atoms with van der Waals surface area (Å²) in [5.74, 6) is 0.229. The summed E-state index contributed by atoms with van der Waals surface area (Å²) in [5, 5.41) is 5.84. The molecule has 4 nitrogen and oxygen atoms in total. The number of rotatable bonds is 5. The number of amides is 1. The van der Waals surface area contributed by atoms with Crippen LogP contribution < -0.4 is 10.6 Å². The molecule has 0 radical (unpaired) electrons. The minimum absolute atomic E-state index is 0.0817. The molecule has 0 unspecified atom stereocenters. The first-order valence-electron chi connectivity index (χ1n) is 6.35. The van der Waals surface area contributed by atoms with E-state index in [0.29, 0.717) is 12.4 Å². The first-order chi connectivity index (χ1) is 9.63. The summed E-state index contributed by atoms with van der Waals surface area (Å²) in [4.78, 5) is 14.8. The number of aromatic nitrogens is 1. The number of carbonyl (C=O) groups is 1. The molecule has 0 spiro atoms. The number of hydrogen-bond donors (Lipinski definition) is 2. The van der Waals surface area contributed by atoms with Gasteiger partial charge in [-0.15, -0.1) is 0 Å². The van der Waals surface area contributed by atoms with Crippen LogP contribution in [-0.2, 0) is 11.2 Å². The van der Waals surface area contributed by atoms with Gasteiger partial charge in [-0.1, -0.05) is 12.1 Å². The van der Waals surface area contributed by atoms with Crippen LogP contribution in [0.5, 0.6) is 0 Å². The van der Waals surface area contributed by atoms with Gasteiger partial charge in [-0.3, -0.25) is 4.79 Å². The van der Waals surface area contributed by atoms with Crippen molar-refractivity contribution in [3.63, 3.8) is 0 Å². The second-order valence-corrected chi connectivity index (χ2v) is 4.42. The Bertz CT molecular complexity index is 567. The normalized spacial score (nSPS) is 10.1. The van der Waals surface area contributed by atoms with Crippen LogP contribution in [0, 0.1) is 5.82 Å². The number of anilines is 2. The van der Waals surface area contributed by atoms with Crippen molar-refractivity contribution in [1.29, 1.82) is 0 Å². The monoisotopic (exact) mass is 273 g/mol. The molecule has 0 bridgehead atoms. The molecule has 2 rings (SSSR count). The lowest BCUT2D eigenvalue weighted by atomic mass is 10.1. The fraction of sp³-hybridized carbons (Fsp3) is 0.200. The predicted octanol–water partition coefficient (Wildman–Crippen LogP) is 2.83. The Kier molecular flexibility index (Phi) is 4.65. The van der Waals surface area contributed by atoms with Crippen molar-refractivity contribution in [1.82, 2.24) is 4.98 Å². The average molecular weight is 273 g/mol. The van der Waals surface area contributed by atoms with E-state index in [-0.39, 0.29) is 11.7 Å². The lowest BCUT2D eigenvalue weighted by Gasteiger charge is -2.07. The zero-order chi connectivity index (χ0) is 14.4. The Morgan fingerprint density at radius 3 is 2.55 bits per heavy atom. The standard InChI is InChI=1S/C15H16FN3O/c1-11(20)19-14-5-2-12(3-6-14)8-9-17-15-7-4-13(16)10-18-15/h2-7,10H,8-9H2,1H3,(H,17,18)(H,19,20). The first kappa shape index (κ1) is 14.0. The summed E-state index contributed by atoms with van der Waals surface area (Å²) in [7, 11) is 0. The number of hydrogen-bond acceptors (Lipinski definition) is 3. The van der Waals surface area contributed by atoms with Gasteiger partial charge in [-0.25, -0.2) is 9.37 Å². The second-order valence-electron chi connectivity index (χ2n) is 4.42. The van der Waals surface area contributed by atoms with E-state index < -0.39 is 0 Å². The van der Waals surface area contributed by atoms with E-state index in [2.05, 4.69) is 15.6 Å². The zero-order valence-corrected chi connectivity index (χ0v) is 11.2. The molecule has 0 atom stereocenters. The smallest absolute Gasteiger partial charge is 0.221 e. The minimum atomic E-state index is -0.343. The number of benzene rings is 1. The average Bonchev–Trinajstić information content (AvgIpc) is 2.42. The van der Waals surface area contributed by atoms with Crippen LogP contribution in [-0.4, -0.2) is 17.4 Å². The SMILES string of the molecule is CC(=O)Nc1ccc(CCNc2ccc(F)cn2)cc1. The van der Waals surface area contributed by atoms with Crippen LogP contribution in [0.15, 0.2) is 42.6 Å². The van der Waals surface area contributed by atoms with Crippen molar-refractivity contribution in [3.8, 4) is 0 Å². The fourth-order valence-electron chi connectivity index (χ4n) is 1.77. The summed E-state index contributed by atoms with van der Waals surface area (Å²) < 4.78 is 12.7.